The monoisotopic (exact) mass is 423 g/mol. The second-order valence-corrected chi connectivity index (χ2v) is 7.06. The highest BCUT2D eigenvalue weighted by atomic mass is 32.1. The fraction of sp³-hybridized carbons (Fsp3) is 0.316. The van der Waals surface area contributed by atoms with E-state index in [1.807, 2.05) is 0 Å². The molecule has 0 aliphatic heterocycles. The molecule has 1 saturated carbocycles. The highest BCUT2D eigenvalue weighted by Crippen LogP contribution is 2.41. The number of hydrogen-bond acceptors (Lipinski definition) is 5. The lowest BCUT2D eigenvalue weighted by Crippen LogP contribution is -2.20. The summed E-state index contributed by atoms with van der Waals surface area (Å²) in [4.78, 5) is 19.2. The van der Waals surface area contributed by atoms with Crippen LogP contribution < -0.4 is 15.0 Å². The van der Waals surface area contributed by atoms with E-state index in [1.165, 1.54) is 24.9 Å². The molecule has 4 rings (SSSR count). The largest absolute Gasteiger partial charge is 0.497 e. The Morgan fingerprint density at radius 3 is 2.52 bits per heavy atom. The number of pyridine rings is 1. The SMILES string of the molecule is COc1ccc(OC)c(-c2cc(C(F)(F)F)c3c(=O)[nH]c(=S)n(C4CC4)c3n2)c1. The van der Waals surface area contributed by atoms with Crippen LogP contribution in [0.2, 0.25) is 0 Å². The molecule has 2 heterocycles. The number of fused-ring (bicyclic) bond motifs is 1. The Kier molecular flexibility index (Phi) is 4.60. The van der Waals surface area contributed by atoms with Crippen molar-refractivity contribution in [3.05, 3.63) is 45.0 Å². The van der Waals surface area contributed by atoms with Crippen LogP contribution in [-0.4, -0.2) is 28.8 Å². The molecule has 0 bridgehead atoms. The van der Waals surface area contributed by atoms with Crippen molar-refractivity contribution in [3.63, 3.8) is 0 Å². The van der Waals surface area contributed by atoms with Crippen molar-refractivity contribution in [2.45, 2.75) is 25.1 Å². The van der Waals surface area contributed by atoms with E-state index in [2.05, 4.69) is 9.97 Å². The van der Waals surface area contributed by atoms with Crippen molar-refractivity contribution in [1.82, 2.24) is 14.5 Å². The highest BCUT2D eigenvalue weighted by molar-refractivity contribution is 7.71. The molecule has 1 aliphatic rings. The van der Waals surface area contributed by atoms with E-state index in [1.54, 1.807) is 12.1 Å². The lowest BCUT2D eigenvalue weighted by Gasteiger charge is -2.17. The molecule has 1 N–H and O–H groups in total. The van der Waals surface area contributed by atoms with Gasteiger partial charge in [-0.15, -0.1) is 0 Å². The zero-order valence-electron chi connectivity index (χ0n) is 15.5. The Hall–Kier alpha value is -2.88. The Balaban J connectivity index is 2.14. The number of halogens is 3. The van der Waals surface area contributed by atoms with Crippen LogP contribution in [0, 0.1) is 4.77 Å². The lowest BCUT2D eigenvalue weighted by atomic mass is 10.0. The molecule has 0 amide bonds. The molecular weight excluding hydrogens is 407 g/mol. The lowest BCUT2D eigenvalue weighted by molar-refractivity contribution is -0.136. The van der Waals surface area contributed by atoms with Crippen LogP contribution in [0.15, 0.2) is 29.1 Å². The molecule has 3 aromatic rings. The quantitative estimate of drug-likeness (QED) is 0.626. The molecule has 29 heavy (non-hydrogen) atoms. The second-order valence-electron chi connectivity index (χ2n) is 6.68. The summed E-state index contributed by atoms with van der Waals surface area (Å²) in [5, 5.41) is -0.524. The zero-order valence-corrected chi connectivity index (χ0v) is 16.3. The van der Waals surface area contributed by atoms with Crippen molar-refractivity contribution in [2.24, 2.45) is 0 Å². The van der Waals surface area contributed by atoms with E-state index < -0.39 is 22.7 Å². The van der Waals surface area contributed by atoms with Gasteiger partial charge in [-0.1, -0.05) is 0 Å². The topological polar surface area (TPSA) is 69.1 Å². The molecule has 0 radical (unpaired) electrons. The van der Waals surface area contributed by atoms with Crippen molar-refractivity contribution in [2.75, 3.05) is 14.2 Å². The number of nitrogens with one attached hydrogen (secondary N) is 1. The summed E-state index contributed by atoms with van der Waals surface area (Å²) in [5.74, 6) is 0.758. The van der Waals surface area contributed by atoms with Gasteiger partial charge in [-0.05, 0) is 49.3 Å². The van der Waals surface area contributed by atoms with E-state index in [4.69, 9.17) is 21.7 Å². The van der Waals surface area contributed by atoms with Crippen molar-refractivity contribution < 1.29 is 22.6 Å². The summed E-state index contributed by atoms with van der Waals surface area (Å²) >= 11 is 5.21. The van der Waals surface area contributed by atoms with Gasteiger partial charge in [-0.2, -0.15) is 13.2 Å². The van der Waals surface area contributed by atoms with Crippen LogP contribution in [0.5, 0.6) is 11.5 Å². The fourth-order valence-electron chi connectivity index (χ4n) is 3.29. The van der Waals surface area contributed by atoms with Gasteiger partial charge in [0.2, 0.25) is 0 Å². The Morgan fingerprint density at radius 2 is 1.93 bits per heavy atom. The number of nitrogens with zero attached hydrogens (tertiary/aromatic N) is 2. The maximum atomic E-state index is 13.9. The van der Waals surface area contributed by atoms with Crippen molar-refractivity contribution in [1.29, 1.82) is 0 Å². The average molecular weight is 423 g/mol. The smallest absolute Gasteiger partial charge is 0.417 e. The standard InChI is InChI=1S/C19H16F3N3O3S/c1-27-10-5-6-14(28-2)11(7-10)13-8-12(19(20,21)22)15-16(23-13)25(9-3-4-9)18(29)24-17(15)26/h5-9H,3-4H2,1-2H3,(H,24,26,29). The van der Waals surface area contributed by atoms with Gasteiger partial charge in [0.1, 0.15) is 17.1 Å². The summed E-state index contributed by atoms with van der Waals surface area (Å²) in [5.41, 5.74) is -1.75. The zero-order chi connectivity index (χ0) is 20.9. The summed E-state index contributed by atoms with van der Waals surface area (Å²) in [6.07, 6.45) is -3.25. The Morgan fingerprint density at radius 1 is 1.21 bits per heavy atom. The molecule has 0 saturated heterocycles. The minimum atomic E-state index is -4.76. The van der Waals surface area contributed by atoms with Crippen LogP contribution in [0.1, 0.15) is 24.4 Å². The third-order valence-electron chi connectivity index (χ3n) is 4.79. The van der Waals surface area contributed by atoms with Crippen molar-refractivity contribution in [3.8, 4) is 22.8 Å². The molecule has 1 aliphatic carbocycles. The summed E-state index contributed by atoms with van der Waals surface area (Å²) in [6, 6.07) is 5.52. The predicted octanol–water partition coefficient (Wildman–Crippen LogP) is 4.49. The van der Waals surface area contributed by atoms with E-state index in [9.17, 15) is 18.0 Å². The maximum Gasteiger partial charge on any atom is 0.417 e. The van der Waals surface area contributed by atoms with Gasteiger partial charge in [-0.3, -0.25) is 14.3 Å². The molecule has 0 spiro atoms. The number of aromatic nitrogens is 3. The van der Waals surface area contributed by atoms with Crippen LogP contribution in [0.4, 0.5) is 13.2 Å². The van der Waals surface area contributed by atoms with Gasteiger partial charge in [0.05, 0.1) is 30.9 Å². The third-order valence-corrected chi connectivity index (χ3v) is 5.09. The average Bonchev–Trinajstić information content (AvgIpc) is 3.50. The number of methoxy groups -OCH3 is 2. The van der Waals surface area contributed by atoms with Gasteiger partial charge < -0.3 is 9.47 Å². The van der Waals surface area contributed by atoms with E-state index in [-0.39, 0.29) is 22.2 Å². The van der Waals surface area contributed by atoms with Gasteiger partial charge in [0, 0.05) is 11.6 Å². The summed E-state index contributed by atoms with van der Waals surface area (Å²) < 4.78 is 53.7. The molecule has 0 unspecified atom stereocenters. The Labute approximate surface area is 167 Å². The molecule has 2 aromatic heterocycles. The number of ether oxygens (including phenoxy) is 2. The van der Waals surface area contributed by atoms with Crippen LogP contribution >= 0.6 is 12.2 Å². The first-order valence-corrected chi connectivity index (χ1v) is 9.14. The number of benzene rings is 1. The van der Waals surface area contributed by atoms with Crippen molar-refractivity contribution >= 4 is 23.3 Å². The van der Waals surface area contributed by atoms with Gasteiger partial charge >= 0.3 is 6.18 Å². The molecule has 152 valence electrons. The Bertz CT molecular complexity index is 1230. The predicted molar refractivity (Wildman–Crippen MR) is 103 cm³/mol. The molecule has 1 fully saturated rings. The minimum absolute atomic E-state index is 0.00924. The molecule has 6 nitrogen and oxygen atoms in total. The highest BCUT2D eigenvalue weighted by Gasteiger charge is 2.37. The van der Waals surface area contributed by atoms with Gasteiger partial charge in [0.15, 0.2) is 4.77 Å². The number of hydrogen-bond donors (Lipinski definition) is 1. The van der Waals surface area contributed by atoms with Gasteiger partial charge in [-0.25, -0.2) is 4.98 Å². The van der Waals surface area contributed by atoms with Crippen LogP contribution in [-0.2, 0) is 6.18 Å². The maximum absolute atomic E-state index is 13.9. The number of alkyl halides is 3. The number of aromatic amines is 1. The van der Waals surface area contributed by atoms with E-state index in [0.717, 1.165) is 18.9 Å². The summed E-state index contributed by atoms with van der Waals surface area (Å²) in [6.45, 7) is 0. The summed E-state index contributed by atoms with van der Waals surface area (Å²) in [7, 11) is 2.86. The minimum Gasteiger partial charge on any atom is -0.497 e. The number of H-pyrrole nitrogens is 1. The van der Waals surface area contributed by atoms with Crippen LogP contribution in [0.3, 0.4) is 0 Å². The molecular formula is C19H16F3N3O3S. The number of rotatable bonds is 4. The van der Waals surface area contributed by atoms with E-state index >= 15 is 0 Å². The fourth-order valence-corrected chi connectivity index (χ4v) is 3.62. The molecule has 1 aromatic carbocycles. The first-order valence-electron chi connectivity index (χ1n) is 8.73. The second kappa shape index (κ2) is 6.87. The first kappa shape index (κ1) is 19.4. The normalized spacial score (nSPS) is 14.2. The first-order chi connectivity index (χ1) is 13.7. The molecule has 10 heteroatoms. The van der Waals surface area contributed by atoms with E-state index in [0.29, 0.717) is 17.1 Å². The third kappa shape index (κ3) is 3.37. The van der Waals surface area contributed by atoms with Crippen LogP contribution in [0.25, 0.3) is 22.3 Å². The molecule has 0 atom stereocenters. The van der Waals surface area contributed by atoms with Gasteiger partial charge in [0.25, 0.3) is 5.56 Å².